The highest BCUT2D eigenvalue weighted by atomic mass is 16.2. The van der Waals surface area contributed by atoms with Crippen molar-refractivity contribution >= 4 is 5.91 Å². The standard InChI is InChI=1S/C15H15N7O2/c1-21-5-9(4-18-21)10-6-22(7-12-14(10)17-8-16-12)15(24)11-2-3-13(23)20-19-11/h2-5,8,10H,6-7H2,1H3,(H,16,17)(H,20,23). The maximum atomic E-state index is 12.7. The number of carbonyl (C=O) groups excluding carboxylic acids is 1. The Balaban J connectivity index is 1.68. The van der Waals surface area contributed by atoms with E-state index in [1.54, 1.807) is 22.1 Å². The normalized spacial score (nSPS) is 16.9. The fourth-order valence-corrected chi connectivity index (χ4v) is 2.98. The molecule has 3 aromatic heterocycles. The van der Waals surface area contributed by atoms with Crippen molar-refractivity contribution in [2.75, 3.05) is 6.54 Å². The number of aromatic amines is 2. The van der Waals surface area contributed by atoms with Crippen molar-refractivity contribution in [1.29, 1.82) is 0 Å². The Kier molecular flexibility index (Phi) is 3.26. The molecule has 2 N–H and O–H groups in total. The van der Waals surface area contributed by atoms with Crippen molar-refractivity contribution < 1.29 is 4.79 Å². The molecule has 3 aromatic rings. The third-order valence-corrected chi connectivity index (χ3v) is 4.15. The minimum Gasteiger partial charge on any atom is -0.347 e. The van der Waals surface area contributed by atoms with Gasteiger partial charge in [-0.2, -0.15) is 10.2 Å². The van der Waals surface area contributed by atoms with Crippen molar-refractivity contribution in [1.82, 2.24) is 34.8 Å². The quantitative estimate of drug-likeness (QED) is 0.689. The molecule has 0 spiro atoms. The van der Waals surface area contributed by atoms with Crippen molar-refractivity contribution in [2.24, 2.45) is 7.05 Å². The lowest BCUT2D eigenvalue weighted by Gasteiger charge is -2.31. The molecule has 122 valence electrons. The van der Waals surface area contributed by atoms with Gasteiger partial charge in [0.1, 0.15) is 5.69 Å². The van der Waals surface area contributed by atoms with Gasteiger partial charge in [-0.1, -0.05) is 0 Å². The summed E-state index contributed by atoms with van der Waals surface area (Å²) in [5.41, 5.74) is 2.70. The molecule has 0 aromatic carbocycles. The molecule has 1 atom stereocenters. The van der Waals surface area contributed by atoms with Crippen molar-refractivity contribution in [2.45, 2.75) is 12.5 Å². The number of aromatic nitrogens is 6. The number of fused-ring (bicyclic) bond motifs is 1. The maximum Gasteiger partial charge on any atom is 0.274 e. The molecule has 4 heterocycles. The molecule has 1 unspecified atom stereocenters. The highest BCUT2D eigenvalue weighted by Gasteiger charge is 2.32. The lowest BCUT2D eigenvalue weighted by molar-refractivity contribution is 0.0714. The zero-order valence-electron chi connectivity index (χ0n) is 12.9. The Morgan fingerprint density at radius 2 is 2.25 bits per heavy atom. The fraction of sp³-hybridized carbons (Fsp3) is 0.267. The summed E-state index contributed by atoms with van der Waals surface area (Å²) in [4.78, 5) is 33.0. The van der Waals surface area contributed by atoms with Gasteiger partial charge < -0.3 is 9.88 Å². The SMILES string of the molecule is Cn1cc(C2CN(C(=O)c3ccc(=O)[nH]n3)Cc3[nH]cnc32)cn1. The van der Waals surface area contributed by atoms with E-state index in [1.165, 1.54) is 12.1 Å². The van der Waals surface area contributed by atoms with Gasteiger partial charge in [-0.15, -0.1) is 0 Å². The number of aryl methyl sites for hydroxylation is 1. The molecule has 1 aliphatic rings. The molecule has 1 amide bonds. The number of nitrogens with one attached hydrogen (secondary N) is 2. The first kappa shape index (κ1) is 14.4. The molecule has 9 nitrogen and oxygen atoms in total. The first-order valence-corrected chi connectivity index (χ1v) is 7.47. The van der Waals surface area contributed by atoms with E-state index in [-0.39, 0.29) is 23.1 Å². The third kappa shape index (κ3) is 2.39. The first-order chi connectivity index (χ1) is 11.6. The molecule has 0 aliphatic carbocycles. The van der Waals surface area contributed by atoms with Gasteiger partial charge in [0.2, 0.25) is 0 Å². The van der Waals surface area contributed by atoms with Crippen LogP contribution in [0.2, 0.25) is 0 Å². The zero-order valence-corrected chi connectivity index (χ0v) is 12.9. The molecule has 0 fully saturated rings. The Hall–Kier alpha value is -3.23. The fourth-order valence-electron chi connectivity index (χ4n) is 2.98. The van der Waals surface area contributed by atoms with E-state index in [4.69, 9.17) is 0 Å². The van der Waals surface area contributed by atoms with Crippen LogP contribution in [-0.2, 0) is 13.6 Å². The minimum atomic E-state index is -0.339. The molecule has 0 radical (unpaired) electrons. The average molecular weight is 325 g/mol. The first-order valence-electron chi connectivity index (χ1n) is 7.47. The summed E-state index contributed by atoms with van der Waals surface area (Å²) < 4.78 is 1.73. The minimum absolute atomic E-state index is 0.0552. The molecular formula is C15H15N7O2. The maximum absolute atomic E-state index is 12.7. The zero-order chi connectivity index (χ0) is 16.7. The van der Waals surface area contributed by atoms with E-state index < -0.39 is 0 Å². The molecule has 0 saturated heterocycles. The lowest BCUT2D eigenvalue weighted by Crippen LogP contribution is -2.39. The van der Waals surface area contributed by atoms with Crippen molar-refractivity contribution in [3.05, 3.63) is 63.9 Å². The molecule has 4 rings (SSSR count). The van der Waals surface area contributed by atoms with Gasteiger partial charge in [0.05, 0.1) is 30.5 Å². The van der Waals surface area contributed by atoms with Crippen LogP contribution in [0.4, 0.5) is 0 Å². The molecule has 24 heavy (non-hydrogen) atoms. The van der Waals surface area contributed by atoms with Crippen LogP contribution in [-0.4, -0.2) is 47.3 Å². The van der Waals surface area contributed by atoms with Crippen LogP contribution in [0, 0.1) is 0 Å². The monoisotopic (exact) mass is 325 g/mol. The number of carbonyl (C=O) groups is 1. The Morgan fingerprint density at radius 1 is 1.38 bits per heavy atom. The highest BCUT2D eigenvalue weighted by molar-refractivity contribution is 5.92. The van der Waals surface area contributed by atoms with Gasteiger partial charge in [0, 0.05) is 37.3 Å². The second-order valence-corrected chi connectivity index (χ2v) is 5.76. The van der Waals surface area contributed by atoms with Crippen LogP contribution in [0.15, 0.2) is 35.6 Å². The van der Waals surface area contributed by atoms with E-state index in [1.807, 2.05) is 13.2 Å². The number of nitrogens with zero attached hydrogens (tertiary/aromatic N) is 5. The van der Waals surface area contributed by atoms with Crippen LogP contribution in [0.1, 0.15) is 33.4 Å². The van der Waals surface area contributed by atoms with Gasteiger partial charge in [-0.3, -0.25) is 14.3 Å². The molecule has 0 bridgehead atoms. The second kappa shape index (κ2) is 5.44. The number of hydrogen-bond acceptors (Lipinski definition) is 5. The van der Waals surface area contributed by atoms with E-state index in [0.717, 1.165) is 17.0 Å². The van der Waals surface area contributed by atoms with E-state index in [2.05, 4.69) is 25.3 Å². The van der Waals surface area contributed by atoms with Gasteiger partial charge in [-0.25, -0.2) is 10.1 Å². The number of imidazole rings is 1. The summed E-state index contributed by atoms with van der Waals surface area (Å²) >= 11 is 0. The predicted molar refractivity (Wildman–Crippen MR) is 83.2 cm³/mol. The Morgan fingerprint density at radius 3 is 2.96 bits per heavy atom. The molecule has 1 aliphatic heterocycles. The highest BCUT2D eigenvalue weighted by Crippen LogP contribution is 2.31. The van der Waals surface area contributed by atoms with Crippen molar-refractivity contribution in [3.8, 4) is 0 Å². The summed E-state index contributed by atoms with van der Waals surface area (Å²) in [5, 5.41) is 10.3. The van der Waals surface area contributed by atoms with Crippen LogP contribution >= 0.6 is 0 Å². The smallest absolute Gasteiger partial charge is 0.274 e. The molecule has 0 saturated carbocycles. The van der Waals surface area contributed by atoms with Gasteiger partial charge >= 0.3 is 0 Å². The predicted octanol–water partition coefficient (Wildman–Crippen LogP) is 0.0144. The van der Waals surface area contributed by atoms with E-state index in [9.17, 15) is 9.59 Å². The molecular weight excluding hydrogens is 310 g/mol. The van der Waals surface area contributed by atoms with Crippen LogP contribution in [0.5, 0.6) is 0 Å². The number of H-pyrrole nitrogens is 2. The van der Waals surface area contributed by atoms with E-state index in [0.29, 0.717) is 13.1 Å². The third-order valence-electron chi connectivity index (χ3n) is 4.15. The van der Waals surface area contributed by atoms with Crippen molar-refractivity contribution in [3.63, 3.8) is 0 Å². The van der Waals surface area contributed by atoms with Gasteiger partial charge in [-0.05, 0) is 6.07 Å². The Bertz CT molecular complexity index is 934. The number of amides is 1. The summed E-state index contributed by atoms with van der Waals surface area (Å²) in [6.45, 7) is 0.898. The average Bonchev–Trinajstić information content (AvgIpc) is 3.22. The van der Waals surface area contributed by atoms with Crippen LogP contribution in [0.3, 0.4) is 0 Å². The molecule has 9 heteroatoms. The van der Waals surface area contributed by atoms with Crippen LogP contribution < -0.4 is 5.56 Å². The Labute approximate surface area is 136 Å². The van der Waals surface area contributed by atoms with E-state index >= 15 is 0 Å². The number of hydrogen-bond donors (Lipinski definition) is 2. The summed E-state index contributed by atoms with van der Waals surface area (Å²) in [5.74, 6) is -0.291. The topological polar surface area (TPSA) is 113 Å². The summed E-state index contributed by atoms with van der Waals surface area (Å²) in [7, 11) is 1.85. The number of rotatable bonds is 2. The second-order valence-electron chi connectivity index (χ2n) is 5.76. The lowest BCUT2D eigenvalue weighted by atomic mass is 9.93. The largest absolute Gasteiger partial charge is 0.347 e. The summed E-state index contributed by atoms with van der Waals surface area (Å²) in [6.07, 6.45) is 5.35. The summed E-state index contributed by atoms with van der Waals surface area (Å²) in [6, 6.07) is 2.73. The van der Waals surface area contributed by atoms with Gasteiger partial charge in [0.15, 0.2) is 0 Å². The van der Waals surface area contributed by atoms with Gasteiger partial charge in [0.25, 0.3) is 11.5 Å². The van der Waals surface area contributed by atoms with Crippen LogP contribution in [0.25, 0.3) is 0 Å².